The highest BCUT2D eigenvalue weighted by atomic mass is 32.2. The van der Waals surface area contributed by atoms with Crippen LogP contribution in [0, 0.1) is 0 Å². The van der Waals surface area contributed by atoms with Crippen molar-refractivity contribution in [3.8, 4) is 0 Å². The van der Waals surface area contributed by atoms with E-state index in [1.54, 1.807) is 14.7 Å². The first-order valence-electron chi connectivity index (χ1n) is 8.26. The zero-order valence-electron chi connectivity index (χ0n) is 12.7. The van der Waals surface area contributed by atoms with Crippen LogP contribution in [0.3, 0.4) is 0 Å². The molecule has 2 saturated carbocycles. The Bertz CT molecular complexity index is 471. The minimum atomic E-state index is -3.34. The Morgan fingerprint density at radius 2 is 1.95 bits per heavy atom. The van der Waals surface area contributed by atoms with Crippen molar-refractivity contribution < 1.29 is 8.42 Å². The van der Waals surface area contributed by atoms with Crippen LogP contribution in [-0.4, -0.2) is 54.8 Å². The summed E-state index contributed by atoms with van der Waals surface area (Å²) < 4.78 is 29.4. The summed E-state index contributed by atoms with van der Waals surface area (Å²) in [6.45, 7) is 5.62. The lowest BCUT2D eigenvalue weighted by Crippen LogP contribution is -2.54. The first-order valence-corrected chi connectivity index (χ1v) is 9.65. The van der Waals surface area contributed by atoms with Gasteiger partial charge in [-0.25, -0.2) is 0 Å². The fourth-order valence-corrected chi connectivity index (χ4v) is 5.20. The topological polar surface area (TPSA) is 52.7 Å². The molecule has 1 aliphatic heterocycles. The number of nitrogens with zero attached hydrogens (tertiary/aromatic N) is 2. The van der Waals surface area contributed by atoms with Gasteiger partial charge in [0.25, 0.3) is 10.2 Å². The molecule has 0 radical (unpaired) electrons. The molecule has 1 N–H and O–H groups in total. The highest BCUT2D eigenvalue weighted by Crippen LogP contribution is 2.32. The normalized spacial score (nSPS) is 28.0. The summed E-state index contributed by atoms with van der Waals surface area (Å²) in [7, 11) is -3.34. The van der Waals surface area contributed by atoms with Crippen LogP contribution >= 0.6 is 0 Å². The van der Waals surface area contributed by atoms with Crippen molar-refractivity contribution in [1.29, 1.82) is 0 Å². The van der Waals surface area contributed by atoms with Crippen LogP contribution in [-0.2, 0) is 10.2 Å². The lowest BCUT2D eigenvalue weighted by atomic mass is 10.1. The van der Waals surface area contributed by atoms with E-state index in [4.69, 9.17) is 0 Å². The van der Waals surface area contributed by atoms with Crippen LogP contribution in [0.4, 0.5) is 0 Å². The zero-order valence-corrected chi connectivity index (χ0v) is 13.5. The molecule has 21 heavy (non-hydrogen) atoms. The fraction of sp³-hybridized carbons (Fsp3) is 0.867. The van der Waals surface area contributed by atoms with Gasteiger partial charge in [0.05, 0.1) is 0 Å². The predicted octanol–water partition coefficient (Wildman–Crippen LogP) is 1.49. The van der Waals surface area contributed by atoms with Gasteiger partial charge >= 0.3 is 0 Å². The molecule has 0 aromatic heterocycles. The van der Waals surface area contributed by atoms with Gasteiger partial charge in [-0.3, -0.25) is 0 Å². The predicted molar refractivity (Wildman–Crippen MR) is 84.2 cm³/mol. The van der Waals surface area contributed by atoms with E-state index in [2.05, 4.69) is 11.9 Å². The monoisotopic (exact) mass is 313 g/mol. The lowest BCUT2D eigenvalue weighted by Gasteiger charge is -2.38. The quantitative estimate of drug-likeness (QED) is 0.691. The highest BCUT2D eigenvalue weighted by molar-refractivity contribution is 7.86. The average Bonchev–Trinajstić information content (AvgIpc) is 3.37. The van der Waals surface area contributed by atoms with Crippen LogP contribution in [0.5, 0.6) is 0 Å². The molecule has 3 fully saturated rings. The van der Waals surface area contributed by atoms with Gasteiger partial charge in [0.15, 0.2) is 0 Å². The van der Waals surface area contributed by atoms with Gasteiger partial charge in [0, 0.05) is 37.8 Å². The van der Waals surface area contributed by atoms with Crippen molar-refractivity contribution in [2.75, 3.05) is 19.6 Å². The van der Waals surface area contributed by atoms with E-state index in [9.17, 15) is 8.42 Å². The molecule has 1 atom stereocenters. The van der Waals surface area contributed by atoms with Gasteiger partial charge in [0.1, 0.15) is 0 Å². The summed E-state index contributed by atoms with van der Waals surface area (Å²) in [5.41, 5.74) is 0. The maximum absolute atomic E-state index is 13.0. The van der Waals surface area contributed by atoms with Gasteiger partial charge in [-0.05, 0) is 38.5 Å². The minimum absolute atomic E-state index is 0.121. The molecule has 1 saturated heterocycles. The Hall–Kier alpha value is -0.430. The molecule has 1 unspecified atom stereocenters. The Morgan fingerprint density at radius 3 is 2.57 bits per heavy atom. The summed E-state index contributed by atoms with van der Waals surface area (Å²) in [5, 5.41) is 3.50. The molecule has 0 amide bonds. The van der Waals surface area contributed by atoms with E-state index >= 15 is 0 Å². The second-order valence-electron chi connectivity index (χ2n) is 6.54. The number of nitrogens with one attached hydrogen (secondary N) is 1. The third-order valence-corrected chi connectivity index (χ3v) is 6.76. The Morgan fingerprint density at radius 1 is 1.19 bits per heavy atom. The average molecular weight is 313 g/mol. The third-order valence-electron chi connectivity index (χ3n) is 4.65. The van der Waals surface area contributed by atoms with Crippen LogP contribution in [0.25, 0.3) is 0 Å². The standard InChI is InChI=1S/C15H27N3O2S/c1-2-10-17(14-8-9-14)21(19,20)18-11-4-3-5-15(18)12-16-13-6-7-13/h2,13-16H,1,3-12H2. The number of hydrogen-bond donors (Lipinski definition) is 1. The summed E-state index contributed by atoms with van der Waals surface area (Å²) in [5.74, 6) is 0. The summed E-state index contributed by atoms with van der Waals surface area (Å²) in [4.78, 5) is 0. The molecule has 5 nitrogen and oxygen atoms in total. The van der Waals surface area contributed by atoms with E-state index in [0.29, 0.717) is 19.1 Å². The van der Waals surface area contributed by atoms with E-state index in [1.807, 2.05) is 0 Å². The van der Waals surface area contributed by atoms with Crippen molar-refractivity contribution in [3.63, 3.8) is 0 Å². The molecular formula is C15H27N3O2S. The first kappa shape index (κ1) is 15.5. The molecule has 3 rings (SSSR count). The smallest absolute Gasteiger partial charge is 0.282 e. The molecule has 0 aromatic rings. The van der Waals surface area contributed by atoms with Crippen LogP contribution in [0.2, 0.25) is 0 Å². The SMILES string of the molecule is C=CCN(C1CC1)S(=O)(=O)N1CCCCC1CNC1CC1. The number of rotatable bonds is 8. The van der Waals surface area contributed by atoms with Gasteiger partial charge in [-0.2, -0.15) is 17.0 Å². The molecule has 2 aliphatic carbocycles. The first-order chi connectivity index (χ1) is 10.1. The summed E-state index contributed by atoms with van der Waals surface area (Å²) >= 11 is 0. The van der Waals surface area contributed by atoms with Crippen molar-refractivity contribution in [2.24, 2.45) is 0 Å². The lowest BCUT2D eigenvalue weighted by molar-refractivity contribution is 0.226. The van der Waals surface area contributed by atoms with Gasteiger partial charge in [0.2, 0.25) is 0 Å². The van der Waals surface area contributed by atoms with E-state index in [-0.39, 0.29) is 12.1 Å². The Labute approximate surface area is 128 Å². The Balaban J connectivity index is 1.71. The minimum Gasteiger partial charge on any atom is -0.312 e. The summed E-state index contributed by atoms with van der Waals surface area (Å²) in [6, 6.07) is 0.951. The largest absolute Gasteiger partial charge is 0.312 e. The van der Waals surface area contributed by atoms with Crippen molar-refractivity contribution >= 4 is 10.2 Å². The van der Waals surface area contributed by atoms with Gasteiger partial charge in [-0.15, -0.1) is 6.58 Å². The molecule has 0 aromatic carbocycles. The fourth-order valence-electron chi connectivity index (χ4n) is 3.13. The van der Waals surface area contributed by atoms with Crippen molar-refractivity contribution in [3.05, 3.63) is 12.7 Å². The van der Waals surface area contributed by atoms with Crippen molar-refractivity contribution in [1.82, 2.24) is 13.9 Å². The zero-order chi connectivity index (χ0) is 14.9. The summed E-state index contributed by atoms with van der Waals surface area (Å²) in [6.07, 6.45) is 9.26. The molecule has 120 valence electrons. The molecule has 0 spiro atoms. The second kappa shape index (κ2) is 6.36. The second-order valence-corrected chi connectivity index (χ2v) is 8.37. The van der Waals surface area contributed by atoms with E-state index < -0.39 is 10.2 Å². The Kier molecular flexibility index (Phi) is 4.69. The molecule has 3 aliphatic rings. The van der Waals surface area contributed by atoms with E-state index in [1.165, 1.54) is 12.8 Å². The van der Waals surface area contributed by atoms with Crippen molar-refractivity contribution in [2.45, 2.75) is 63.1 Å². The van der Waals surface area contributed by atoms with Gasteiger partial charge < -0.3 is 5.32 Å². The molecule has 0 bridgehead atoms. The number of hydrogen-bond acceptors (Lipinski definition) is 3. The van der Waals surface area contributed by atoms with Crippen LogP contribution < -0.4 is 5.32 Å². The third kappa shape index (κ3) is 3.67. The van der Waals surface area contributed by atoms with E-state index in [0.717, 1.165) is 38.6 Å². The van der Waals surface area contributed by atoms with Gasteiger partial charge in [-0.1, -0.05) is 12.5 Å². The van der Waals surface area contributed by atoms with Crippen LogP contribution in [0.1, 0.15) is 44.9 Å². The highest BCUT2D eigenvalue weighted by Gasteiger charge is 2.42. The maximum atomic E-state index is 13.0. The van der Waals surface area contributed by atoms with Crippen LogP contribution in [0.15, 0.2) is 12.7 Å². The molecule has 1 heterocycles. The number of piperidine rings is 1. The maximum Gasteiger partial charge on any atom is 0.282 e. The molecule has 6 heteroatoms. The molecular weight excluding hydrogens is 286 g/mol.